The Bertz CT molecular complexity index is 780. The molecule has 8 heteroatoms. The molecule has 7 nitrogen and oxygen atoms in total. The van der Waals surface area contributed by atoms with E-state index in [0.29, 0.717) is 12.8 Å². The first-order valence-electron chi connectivity index (χ1n) is 9.38. The van der Waals surface area contributed by atoms with Crippen molar-refractivity contribution in [3.8, 4) is 0 Å². The van der Waals surface area contributed by atoms with Gasteiger partial charge in [0.25, 0.3) is 0 Å². The van der Waals surface area contributed by atoms with Gasteiger partial charge in [0.05, 0.1) is 25.4 Å². The third kappa shape index (κ3) is 6.20. The lowest BCUT2D eigenvalue weighted by Gasteiger charge is -2.30. The van der Waals surface area contributed by atoms with Gasteiger partial charge in [-0.15, -0.1) is 0 Å². The van der Waals surface area contributed by atoms with Gasteiger partial charge in [0, 0.05) is 4.91 Å². The molecular formula is C20H24N3O4P. The summed E-state index contributed by atoms with van der Waals surface area (Å²) >= 11 is 0. The van der Waals surface area contributed by atoms with Crippen LogP contribution in [0.25, 0.3) is 10.4 Å². The van der Waals surface area contributed by atoms with Crippen molar-refractivity contribution in [1.29, 1.82) is 0 Å². The molecule has 0 N–H and O–H groups in total. The summed E-state index contributed by atoms with van der Waals surface area (Å²) in [6, 6.07) is 18.5. The number of phosphoric acid groups is 1. The highest BCUT2D eigenvalue weighted by Gasteiger charge is 2.36. The first-order valence-corrected chi connectivity index (χ1v) is 10.8. The van der Waals surface area contributed by atoms with Crippen LogP contribution < -0.4 is 0 Å². The summed E-state index contributed by atoms with van der Waals surface area (Å²) < 4.78 is 30.5. The third-order valence-electron chi connectivity index (χ3n) is 4.60. The third-order valence-corrected chi connectivity index (χ3v) is 6.02. The molecular weight excluding hydrogens is 377 g/mol. The molecule has 0 amide bonds. The molecule has 0 aromatic heterocycles. The molecule has 0 saturated heterocycles. The summed E-state index contributed by atoms with van der Waals surface area (Å²) in [6.45, 7) is 0.206. The molecule has 0 heterocycles. The number of hydrogen-bond donors (Lipinski definition) is 0. The summed E-state index contributed by atoms with van der Waals surface area (Å²) in [5.74, 6) is 0. The zero-order chi connectivity index (χ0) is 19.7. The fourth-order valence-electron chi connectivity index (χ4n) is 3.12. The zero-order valence-corrected chi connectivity index (χ0v) is 16.5. The van der Waals surface area contributed by atoms with Crippen molar-refractivity contribution in [2.75, 3.05) is 0 Å². The smallest absolute Gasteiger partial charge is 0.283 e. The van der Waals surface area contributed by atoms with Gasteiger partial charge in [-0.2, -0.15) is 0 Å². The Morgan fingerprint density at radius 1 is 0.929 bits per heavy atom. The lowest BCUT2D eigenvalue weighted by Crippen LogP contribution is -2.30. The summed E-state index contributed by atoms with van der Waals surface area (Å²) in [6.07, 6.45) is 2.73. The molecule has 1 saturated carbocycles. The zero-order valence-electron chi connectivity index (χ0n) is 15.6. The van der Waals surface area contributed by atoms with E-state index in [-0.39, 0.29) is 19.3 Å². The first kappa shape index (κ1) is 20.6. The minimum absolute atomic E-state index is 0.103. The first-order chi connectivity index (χ1) is 13.7. The number of rotatable bonds is 9. The van der Waals surface area contributed by atoms with Crippen molar-refractivity contribution in [3.63, 3.8) is 0 Å². The normalized spacial score (nSPS) is 19.7. The van der Waals surface area contributed by atoms with Crippen molar-refractivity contribution in [2.24, 2.45) is 5.11 Å². The Kier molecular flexibility index (Phi) is 7.66. The Labute approximate surface area is 164 Å². The van der Waals surface area contributed by atoms with E-state index in [0.717, 1.165) is 24.0 Å². The lowest BCUT2D eigenvalue weighted by molar-refractivity contribution is 0.0458. The standard InChI is InChI=1S/C20H24N3O4P/c21-23-22-19-13-7-8-14-20(19)27-28(24,25-15-17-9-3-1-4-10-17)26-16-18-11-5-2-6-12-18/h1-6,9-12,19-20H,7-8,13-16H2/t19-,20-/m1/s1. The van der Waals surface area contributed by atoms with Gasteiger partial charge in [-0.05, 0) is 29.5 Å². The van der Waals surface area contributed by atoms with Crippen molar-refractivity contribution >= 4 is 7.82 Å². The molecule has 3 rings (SSSR count). The van der Waals surface area contributed by atoms with E-state index in [4.69, 9.17) is 19.1 Å². The Balaban J connectivity index is 1.72. The Hall–Kier alpha value is -2.14. The lowest BCUT2D eigenvalue weighted by atomic mass is 9.93. The van der Waals surface area contributed by atoms with Crippen LogP contribution in [0.5, 0.6) is 0 Å². The molecule has 0 aliphatic heterocycles. The number of nitrogens with zero attached hydrogens (tertiary/aromatic N) is 3. The number of phosphoric ester groups is 1. The van der Waals surface area contributed by atoms with Gasteiger partial charge in [0.2, 0.25) is 0 Å². The van der Waals surface area contributed by atoms with Crippen LogP contribution in [-0.2, 0) is 31.4 Å². The van der Waals surface area contributed by atoms with Gasteiger partial charge in [-0.25, -0.2) is 4.57 Å². The molecule has 0 unspecified atom stereocenters. The Morgan fingerprint density at radius 3 is 2.00 bits per heavy atom. The minimum Gasteiger partial charge on any atom is -0.283 e. The second kappa shape index (κ2) is 10.4. The molecule has 2 atom stereocenters. The van der Waals surface area contributed by atoms with Crippen LogP contribution in [0.2, 0.25) is 0 Å². The molecule has 0 bridgehead atoms. The van der Waals surface area contributed by atoms with Crippen LogP contribution in [0.3, 0.4) is 0 Å². The van der Waals surface area contributed by atoms with Crippen LogP contribution in [0.1, 0.15) is 36.8 Å². The van der Waals surface area contributed by atoms with Crippen LogP contribution in [-0.4, -0.2) is 12.1 Å². The molecule has 1 aliphatic carbocycles. The molecule has 2 aromatic rings. The number of azide groups is 1. The Morgan fingerprint density at radius 2 is 1.46 bits per heavy atom. The predicted octanol–water partition coefficient (Wildman–Crippen LogP) is 6.17. The van der Waals surface area contributed by atoms with Gasteiger partial charge >= 0.3 is 7.82 Å². The highest BCUT2D eigenvalue weighted by atomic mass is 31.2. The summed E-state index contributed by atoms with van der Waals surface area (Å²) in [7, 11) is -3.86. The quantitative estimate of drug-likeness (QED) is 0.217. The summed E-state index contributed by atoms with van der Waals surface area (Å²) in [5.41, 5.74) is 10.5. The molecule has 0 radical (unpaired) electrons. The van der Waals surface area contributed by atoms with Crippen molar-refractivity contribution in [3.05, 3.63) is 82.2 Å². The van der Waals surface area contributed by atoms with E-state index in [1.54, 1.807) is 0 Å². The number of hydrogen-bond acceptors (Lipinski definition) is 5. The van der Waals surface area contributed by atoms with Crippen LogP contribution in [0, 0.1) is 0 Å². The highest BCUT2D eigenvalue weighted by molar-refractivity contribution is 7.48. The van der Waals surface area contributed by atoms with Gasteiger partial charge in [-0.1, -0.05) is 78.6 Å². The van der Waals surface area contributed by atoms with Crippen LogP contribution in [0.15, 0.2) is 65.8 Å². The molecule has 0 spiro atoms. The van der Waals surface area contributed by atoms with Crippen LogP contribution >= 0.6 is 7.82 Å². The fourth-order valence-corrected chi connectivity index (χ4v) is 4.51. The second-order valence-corrected chi connectivity index (χ2v) is 8.29. The maximum absolute atomic E-state index is 13.4. The van der Waals surface area contributed by atoms with E-state index in [1.807, 2.05) is 60.7 Å². The largest absolute Gasteiger partial charge is 0.475 e. The van der Waals surface area contributed by atoms with Gasteiger partial charge in [0.1, 0.15) is 0 Å². The molecule has 28 heavy (non-hydrogen) atoms. The van der Waals surface area contributed by atoms with E-state index in [1.165, 1.54) is 0 Å². The highest BCUT2D eigenvalue weighted by Crippen LogP contribution is 2.53. The van der Waals surface area contributed by atoms with Crippen molar-refractivity contribution in [2.45, 2.75) is 51.0 Å². The molecule has 1 fully saturated rings. The summed E-state index contributed by atoms with van der Waals surface area (Å²) in [5, 5.41) is 3.81. The predicted molar refractivity (Wildman–Crippen MR) is 106 cm³/mol. The molecule has 2 aromatic carbocycles. The SMILES string of the molecule is [N-]=[N+]=N[C@@H]1CCCC[C@H]1OP(=O)(OCc1ccccc1)OCc1ccccc1. The van der Waals surface area contributed by atoms with Gasteiger partial charge < -0.3 is 0 Å². The van der Waals surface area contributed by atoms with Crippen molar-refractivity contribution in [1.82, 2.24) is 0 Å². The second-order valence-electron chi connectivity index (χ2n) is 6.67. The topological polar surface area (TPSA) is 93.5 Å². The van der Waals surface area contributed by atoms with Gasteiger partial charge in [0.15, 0.2) is 0 Å². The van der Waals surface area contributed by atoms with Crippen LogP contribution in [0.4, 0.5) is 0 Å². The summed E-state index contributed by atoms with van der Waals surface area (Å²) in [4.78, 5) is 2.90. The van der Waals surface area contributed by atoms with E-state index in [9.17, 15) is 4.57 Å². The number of benzene rings is 2. The maximum atomic E-state index is 13.4. The van der Waals surface area contributed by atoms with E-state index in [2.05, 4.69) is 10.0 Å². The average Bonchev–Trinajstić information content (AvgIpc) is 2.74. The van der Waals surface area contributed by atoms with Crippen molar-refractivity contribution < 1.29 is 18.1 Å². The fraction of sp³-hybridized carbons (Fsp3) is 0.400. The van der Waals surface area contributed by atoms with Gasteiger partial charge in [-0.3, -0.25) is 13.6 Å². The molecule has 148 valence electrons. The average molecular weight is 401 g/mol. The maximum Gasteiger partial charge on any atom is 0.475 e. The van der Waals surface area contributed by atoms with E-state index < -0.39 is 13.9 Å². The molecule has 1 aliphatic rings. The monoisotopic (exact) mass is 401 g/mol. The van der Waals surface area contributed by atoms with E-state index >= 15 is 0 Å². The minimum atomic E-state index is -3.86.